The van der Waals surface area contributed by atoms with Gasteiger partial charge in [0.2, 0.25) is 0 Å². The molecular weight excluding hydrogens is 260 g/mol. The zero-order valence-electron chi connectivity index (χ0n) is 12.5. The largest absolute Gasteiger partial charge is 0.469 e. The molecule has 2 aromatic carbocycles. The quantitative estimate of drug-likeness (QED) is 0.567. The molecule has 0 aliphatic carbocycles. The van der Waals surface area contributed by atoms with Crippen LogP contribution in [-0.4, -0.2) is 13.1 Å². The van der Waals surface area contributed by atoms with Crippen molar-refractivity contribution in [2.45, 2.75) is 32.1 Å². The predicted molar refractivity (Wildman–Crippen MR) is 85.2 cm³/mol. The number of ether oxygens (including phenoxy) is 1. The van der Waals surface area contributed by atoms with Crippen molar-refractivity contribution in [1.82, 2.24) is 0 Å². The molecule has 0 aliphatic rings. The first-order valence-electron chi connectivity index (χ1n) is 7.46. The predicted octanol–water partition coefficient (Wildman–Crippen LogP) is 3.97. The zero-order chi connectivity index (χ0) is 14.9. The minimum atomic E-state index is -0.184. The average Bonchev–Trinajstić information content (AvgIpc) is 2.53. The third-order valence-corrected chi connectivity index (χ3v) is 3.59. The number of benzene rings is 2. The minimum absolute atomic E-state index is 0.184. The molecule has 0 spiro atoms. The van der Waals surface area contributed by atoms with Crippen LogP contribution in [0.3, 0.4) is 0 Å². The van der Waals surface area contributed by atoms with E-state index in [1.165, 1.54) is 24.7 Å². The first-order chi connectivity index (χ1) is 10.3. The van der Waals surface area contributed by atoms with Gasteiger partial charge in [0.1, 0.15) is 0 Å². The summed E-state index contributed by atoms with van der Waals surface area (Å²) in [5.41, 5.74) is 3.73. The maximum Gasteiger partial charge on any atom is 0.309 e. The highest BCUT2D eigenvalue weighted by Gasteiger charge is 2.03. The van der Waals surface area contributed by atoms with Crippen LogP contribution in [0.5, 0.6) is 0 Å². The van der Waals surface area contributed by atoms with Gasteiger partial charge in [0.25, 0.3) is 0 Å². The second-order valence-corrected chi connectivity index (χ2v) is 5.27. The van der Waals surface area contributed by atoms with E-state index < -0.39 is 0 Å². The van der Waals surface area contributed by atoms with E-state index in [1.54, 1.807) is 0 Å². The molecule has 0 radical (unpaired) electrons. The standard InChI is InChI=1S/C19H22O2/c1-21-19(20)15-18-13-7-12-17(14-18)11-6-5-10-16-8-3-2-4-9-16/h2-4,7-9,12-14H,5-6,10-11,15H2,1H3. The fourth-order valence-electron chi connectivity index (χ4n) is 2.44. The van der Waals surface area contributed by atoms with Gasteiger partial charge in [0.05, 0.1) is 13.5 Å². The molecule has 0 heterocycles. The molecular formula is C19H22O2. The van der Waals surface area contributed by atoms with Gasteiger partial charge >= 0.3 is 5.97 Å². The Morgan fingerprint density at radius 3 is 2.19 bits per heavy atom. The molecule has 2 aromatic rings. The number of carbonyl (C=O) groups is 1. The summed E-state index contributed by atoms with van der Waals surface area (Å²) in [7, 11) is 1.43. The van der Waals surface area contributed by atoms with Crippen molar-refractivity contribution in [3.63, 3.8) is 0 Å². The van der Waals surface area contributed by atoms with Crippen molar-refractivity contribution < 1.29 is 9.53 Å². The van der Waals surface area contributed by atoms with E-state index in [1.807, 2.05) is 12.1 Å². The first-order valence-corrected chi connectivity index (χ1v) is 7.46. The maximum absolute atomic E-state index is 11.3. The van der Waals surface area contributed by atoms with E-state index >= 15 is 0 Å². The Morgan fingerprint density at radius 1 is 0.857 bits per heavy atom. The lowest BCUT2D eigenvalue weighted by molar-refractivity contribution is -0.139. The van der Waals surface area contributed by atoms with E-state index in [2.05, 4.69) is 42.5 Å². The Hall–Kier alpha value is -2.09. The van der Waals surface area contributed by atoms with E-state index in [9.17, 15) is 4.79 Å². The third kappa shape index (κ3) is 5.42. The summed E-state index contributed by atoms with van der Waals surface area (Å²) in [5, 5.41) is 0. The molecule has 110 valence electrons. The van der Waals surface area contributed by atoms with Crippen LogP contribution in [0, 0.1) is 0 Å². The van der Waals surface area contributed by atoms with Crippen LogP contribution in [0.1, 0.15) is 29.5 Å². The fraction of sp³-hybridized carbons (Fsp3) is 0.316. The number of unbranched alkanes of at least 4 members (excludes halogenated alkanes) is 1. The van der Waals surface area contributed by atoms with Gasteiger partial charge in [0, 0.05) is 0 Å². The highest BCUT2D eigenvalue weighted by atomic mass is 16.5. The van der Waals surface area contributed by atoms with Gasteiger partial charge in [0.15, 0.2) is 0 Å². The SMILES string of the molecule is COC(=O)Cc1cccc(CCCCc2ccccc2)c1. The van der Waals surface area contributed by atoms with Crippen LogP contribution in [0.4, 0.5) is 0 Å². The summed E-state index contributed by atoms with van der Waals surface area (Å²) >= 11 is 0. The van der Waals surface area contributed by atoms with Crippen molar-refractivity contribution in [3.8, 4) is 0 Å². The smallest absolute Gasteiger partial charge is 0.309 e. The summed E-state index contributed by atoms with van der Waals surface area (Å²) in [4.78, 5) is 11.3. The van der Waals surface area contributed by atoms with Crippen LogP contribution in [0.15, 0.2) is 54.6 Å². The van der Waals surface area contributed by atoms with E-state index in [4.69, 9.17) is 4.74 Å². The first kappa shape index (κ1) is 15.3. The molecule has 0 atom stereocenters. The van der Waals surface area contributed by atoms with Crippen LogP contribution in [-0.2, 0) is 28.8 Å². The van der Waals surface area contributed by atoms with Crippen molar-refractivity contribution in [1.29, 1.82) is 0 Å². The highest BCUT2D eigenvalue weighted by Crippen LogP contribution is 2.12. The van der Waals surface area contributed by atoms with Gasteiger partial charge in [-0.25, -0.2) is 0 Å². The molecule has 0 saturated heterocycles. The number of hydrogen-bond acceptors (Lipinski definition) is 2. The van der Waals surface area contributed by atoms with Gasteiger partial charge in [-0.1, -0.05) is 54.6 Å². The number of esters is 1. The van der Waals surface area contributed by atoms with E-state index in [-0.39, 0.29) is 5.97 Å². The molecule has 0 aliphatic heterocycles. The molecule has 0 N–H and O–H groups in total. The molecule has 0 fully saturated rings. The molecule has 0 saturated carbocycles. The van der Waals surface area contributed by atoms with Crippen molar-refractivity contribution >= 4 is 5.97 Å². The summed E-state index contributed by atoms with van der Waals surface area (Å²) in [6.07, 6.45) is 4.89. The minimum Gasteiger partial charge on any atom is -0.469 e. The molecule has 21 heavy (non-hydrogen) atoms. The summed E-state index contributed by atoms with van der Waals surface area (Å²) in [5.74, 6) is -0.184. The Kier molecular flexibility index (Phi) is 6.01. The summed E-state index contributed by atoms with van der Waals surface area (Å²) in [6, 6.07) is 18.8. The number of carbonyl (C=O) groups excluding carboxylic acids is 1. The number of aryl methyl sites for hydroxylation is 2. The maximum atomic E-state index is 11.3. The average molecular weight is 282 g/mol. The van der Waals surface area contributed by atoms with Crippen molar-refractivity contribution in [3.05, 3.63) is 71.3 Å². The Morgan fingerprint density at radius 2 is 1.48 bits per heavy atom. The van der Waals surface area contributed by atoms with Crippen LogP contribution >= 0.6 is 0 Å². The molecule has 0 aromatic heterocycles. The van der Waals surface area contributed by atoms with E-state index in [0.29, 0.717) is 6.42 Å². The molecule has 2 rings (SSSR count). The van der Waals surface area contributed by atoms with Crippen LogP contribution in [0.25, 0.3) is 0 Å². The molecule has 0 unspecified atom stereocenters. The second kappa shape index (κ2) is 8.25. The molecule has 0 amide bonds. The zero-order valence-corrected chi connectivity index (χ0v) is 12.5. The fourth-order valence-corrected chi connectivity index (χ4v) is 2.44. The van der Waals surface area contributed by atoms with Crippen molar-refractivity contribution in [2.75, 3.05) is 7.11 Å². The third-order valence-electron chi connectivity index (χ3n) is 3.59. The number of hydrogen-bond donors (Lipinski definition) is 0. The molecule has 0 bridgehead atoms. The van der Waals surface area contributed by atoms with Gasteiger partial charge in [-0.15, -0.1) is 0 Å². The van der Waals surface area contributed by atoms with Crippen LogP contribution in [0.2, 0.25) is 0 Å². The Labute approximate surface area is 126 Å². The van der Waals surface area contributed by atoms with Gasteiger partial charge in [-0.05, 0) is 42.4 Å². The van der Waals surface area contributed by atoms with E-state index in [0.717, 1.165) is 24.8 Å². The topological polar surface area (TPSA) is 26.3 Å². The Bertz CT molecular complexity index is 561. The van der Waals surface area contributed by atoms with Gasteiger partial charge in [-0.2, -0.15) is 0 Å². The molecule has 2 heteroatoms. The number of rotatable bonds is 7. The Balaban J connectivity index is 1.78. The van der Waals surface area contributed by atoms with Gasteiger partial charge in [-0.3, -0.25) is 4.79 Å². The molecule has 2 nitrogen and oxygen atoms in total. The van der Waals surface area contributed by atoms with Gasteiger partial charge < -0.3 is 4.74 Å². The monoisotopic (exact) mass is 282 g/mol. The van der Waals surface area contributed by atoms with Crippen molar-refractivity contribution in [2.24, 2.45) is 0 Å². The second-order valence-electron chi connectivity index (χ2n) is 5.27. The number of methoxy groups -OCH3 is 1. The normalized spacial score (nSPS) is 10.3. The lowest BCUT2D eigenvalue weighted by Crippen LogP contribution is -2.04. The lowest BCUT2D eigenvalue weighted by atomic mass is 10.0. The lowest BCUT2D eigenvalue weighted by Gasteiger charge is -2.05. The summed E-state index contributed by atoms with van der Waals surface area (Å²) < 4.78 is 4.70. The van der Waals surface area contributed by atoms with Crippen LogP contribution < -0.4 is 0 Å². The summed E-state index contributed by atoms with van der Waals surface area (Å²) in [6.45, 7) is 0. The highest BCUT2D eigenvalue weighted by molar-refractivity contribution is 5.72.